The van der Waals surface area contributed by atoms with Gasteiger partial charge < -0.3 is 16.2 Å². The van der Waals surface area contributed by atoms with Crippen molar-refractivity contribution in [3.05, 3.63) is 126 Å². The molecule has 0 aliphatic carbocycles. The highest BCUT2D eigenvalue weighted by molar-refractivity contribution is 6.27. The number of carbonyl (C=O) groups is 2. The van der Waals surface area contributed by atoms with E-state index in [1.54, 1.807) is 0 Å². The van der Waals surface area contributed by atoms with E-state index in [9.17, 15) is 24.3 Å². The highest BCUT2D eigenvalue weighted by atomic mass is 16.4. The van der Waals surface area contributed by atoms with E-state index in [1.165, 1.54) is 18.2 Å². The van der Waals surface area contributed by atoms with Gasteiger partial charge in [0.2, 0.25) is 0 Å². The Hall–Kier alpha value is -5.31. The monoisotopic (exact) mass is 562 g/mol. The zero-order chi connectivity index (χ0) is 30.0. The van der Waals surface area contributed by atoms with Crippen molar-refractivity contribution in [1.29, 1.82) is 0 Å². The fraction of sp³-hybridized carbons (Fsp3) is 0.182. The number of amides is 1. The van der Waals surface area contributed by atoms with Crippen LogP contribution in [0.5, 0.6) is 0 Å². The van der Waals surface area contributed by atoms with Gasteiger partial charge in [0, 0.05) is 45.8 Å². The third-order valence-electron chi connectivity index (χ3n) is 7.60. The average molecular weight is 563 g/mol. The summed E-state index contributed by atoms with van der Waals surface area (Å²) in [6.45, 7) is 4.51. The Labute approximate surface area is 241 Å². The van der Waals surface area contributed by atoms with Gasteiger partial charge in [0.25, 0.3) is 17.0 Å². The van der Waals surface area contributed by atoms with Crippen molar-refractivity contribution in [2.75, 3.05) is 13.1 Å². The van der Waals surface area contributed by atoms with E-state index < -0.39 is 23.0 Å². The standard InChI is InChI=1S/C33H30N4O5/c1-18-7-3-5-9-20(18)13-15-35-29(34)28-25(33(41)42)17-24(30(38)36-16-14-21-10-6-4-8-19(21)2)26-22-11-12-23(27(26)28)32(40)37-31(22)39/h3-12,17H,13-16H2,1-2H3,(H2,34,35)(H,36,38)(H,41,42)(H,37,39,40). The van der Waals surface area contributed by atoms with Crippen molar-refractivity contribution in [3.8, 4) is 0 Å². The Balaban J connectivity index is 1.63. The second-order valence-electron chi connectivity index (χ2n) is 10.2. The Morgan fingerprint density at radius 2 is 1.40 bits per heavy atom. The zero-order valence-electron chi connectivity index (χ0n) is 23.3. The van der Waals surface area contributed by atoms with Gasteiger partial charge in [-0.1, -0.05) is 48.5 Å². The number of amidine groups is 1. The first-order valence-electron chi connectivity index (χ1n) is 13.6. The van der Waals surface area contributed by atoms with Gasteiger partial charge in [0.1, 0.15) is 5.84 Å². The van der Waals surface area contributed by atoms with Crippen molar-refractivity contribution in [3.63, 3.8) is 0 Å². The number of aromatic nitrogens is 1. The number of aryl methyl sites for hydroxylation is 2. The topological polar surface area (TPSA) is 155 Å². The normalized spacial score (nSPS) is 11.7. The van der Waals surface area contributed by atoms with Gasteiger partial charge >= 0.3 is 5.97 Å². The minimum Gasteiger partial charge on any atom is -0.478 e. The number of nitrogens with one attached hydrogen (secondary N) is 2. The first-order chi connectivity index (χ1) is 20.2. The summed E-state index contributed by atoms with van der Waals surface area (Å²) in [7, 11) is 0. The summed E-state index contributed by atoms with van der Waals surface area (Å²) in [6.07, 6.45) is 1.12. The quantitative estimate of drug-likeness (QED) is 0.159. The second-order valence-corrected chi connectivity index (χ2v) is 10.2. The first-order valence-corrected chi connectivity index (χ1v) is 13.6. The molecule has 0 aliphatic rings. The number of aliphatic imine (C=N–C) groups is 1. The third-order valence-corrected chi connectivity index (χ3v) is 7.60. The molecule has 9 heteroatoms. The van der Waals surface area contributed by atoms with Crippen LogP contribution in [0.3, 0.4) is 0 Å². The van der Waals surface area contributed by atoms with Crippen molar-refractivity contribution in [2.45, 2.75) is 26.7 Å². The van der Waals surface area contributed by atoms with Crippen molar-refractivity contribution in [1.82, 2.24) is 10.3 Å². The highest BCUT2D eigenvalue weighted by Crippen LogP contribution is 2.32. The van der Waals surface area contributed by atoms with Crippen molar-refractivity contribution in [2.24, 2.45) is 10.7 Å². The molecular formula is C33H30N4O5. The molecule has 9 nitrogen and oxygen atoms in total. The number of hydrogen-bond acceptors (Lipinski definition) is 5. The number of hydrogen-bond donors (Lipinski definition) is 4. The maximum atomic E-state index is 13.6. The molecule has 2 aromatic heterocycles. The number of nitrogens with zero attached hydrogens (tertiary/aromatic N) is 1. The number of H-pyrrole nitrogens is 1. The zero-order valence-corrected chi connectivity index (χ0v) is 23.3. The lowest BCUT2D eigenvalue weighted by molar-refractivity contribution is 0.0697. The number of carboxylic acid groups (broad SMARTS) is 1. The molecule has 212 valence electrons. The van der Waals surface area contributed by atoms with E-state index in [4.69, 9.17) is 5.73 Å². The highest BCUT2D eigenvalue weighted by Gasteiger charge is 2.26. The molecule has 0 radical (unpaired) electrons. The molecule has 0 fully saturated rings. The number of fused-ring (bicyclic) bond motifs is 3. The molecule has 6 aromatic rings. The summed E-state index contributed by atoms with van der Waals surface area (Å²) in [5.41, 5.74) is 9.00. The fourth-order valence-electron chi connectivity index (χ4n) is 5.36. The van der Waals surface area contributed by atoms with Crippen LogP contribution in [0.25, 0.3) is 21.5 Å². The summed E-state index contributed by atoms with van der Waals surface area (Å²) in [5, 5.41) is 13.4. The van der Waals surface area contributed by atoms with Gasteiger partial charge in [-0.3, -0.25) is 24.4 Å². The second kappa shape index (κ2) is 11.7. The molecule has 4 aromatic carbocycles. The van der Waals surface area contributed by atoms with Crippen LogP contribution in [0.2, 0.25) is 0 Å². The average Bonchev–Trinajstić information content (AvgIpc) is 3.17. The molecule has 5 N–H and O–H groups in total. The van der Waals surface area contributed by atoms with Gasteiger partial charge in [0.05, 0.1) is 5.56 Å². The molecule has 0 unspecified atom stereocenters. The molecule has 1 amide bonds. The third kappa shape index (κ3) is 5.36. The van der Waals surface area contributed by atoms with Crippen LogP contribution in [-0.4, -0.2) is 40.9 Å². The van der Waals surface area contributed by atoms with E-state index >= 15 is 0 Å². The van der Waals surface area contributed by atoms with Crippen molar-refractivity contribution < 1.29 is 14.7 Å². The molecule has 0 saturated heterocycles. The lowest BCUT2D eigenvalue weighted by Gasteiger charge is -2.16. The summed E-state index contributed by atoms with van der Waals surface area (Å²) < 4.78 is 0. The number of carbonyl (C=O) groups excluding carboxylic acids is 1. The molecule has 2 heterocycles. The van der Waals surface area contributed by atoms with Crippen LogP contribution in [0.4, 0.5) is 0 Å². The van der Waals surface area contributed by atoms with Gasteiger partial charge in [-0.2, -0.15) is 0 Å². The number of nitrogens with two attached hydrogens (primary N) is 1. The Bertz CT molecular complexity index is 1990. The molecule has 2 bridgehead atoms. The smallest absolute Gasteiger partial charge is 0.336 e. The van der Waals surface area contributed by atoms with Crippen LogP contribution < -0.4 is 22.2 Å². The van der Waals surface area contributed by atoms with E-state index in [0.717, 1.165) is 22.3 Å². The van der Waals surface area contributed by atoms with Gasteiger partial charge in [-0.25, -0.2) is 4.79 Å². The molecule has 0 atom stereocenters. The van der Waals surface area contributed by atoms with E-state index in [2.05, 4.69) is 15.3 Å². The van der Waals surface area contributed by atoms with Gasteiger partial charge in [-0.05, 0) is 67.1 Å². The maximum Gasteiger partial charge on any atom is 0.336 e. The number of benzene rings is 4. The van der Waals surface area contributed by atoms with Crippen molar-refractivity contribution >= 4 is 39.3 Å². The summed E-state index contributed by atoms with van der Waals surface area (Å²) in [5.74, 6) is -2.02. The van der Waals surface area contributed by atoms with Crippen LogP contribution >= 0.6 is 0 Å². The molecule has 0 aliphatic heterocycles. The number of rotatable bonds is 9. The lowest BCUT2D eigenvalue weighted by atomic mass is 9.90. The predicted molar refractivity (Wildman–Crippen MR) is 164 cm³/mol. The van der Waals surface area contributed by atoms with Crippen LogP contribution in [0, 0.1) is 13.8 Å². The van der Waals surface area contributed by atoms with E-state index in [-0.39, 0.29) is 57.2 Å². The molecule has 6 rings (SSSR count). The van der Waals surface area contributed by atoms with E-state index in [1.807, 2.05) is 62.4 Å². The predicted octanol–water partition coefficient (Wildman–Crippen LogP) is 3.71. The number of aromatic carboxylic acids is 1. The Morgan fingerprint density at radius 1 is 0.833 bits per heavy atom. The largest absolute Gasteiger partial charge is 0.478 e. The molecule has 0 spiro atoms. The number of aromatic amines is 1. The Morgan fingerprint density at radius 3 is 2.00 bits per heavy atom. The van der Waals surface area contributed by atoms with Crippen LogP contribution in [-0.2, 0) is 12.8 Å². The van der Waals surface area contributed by atoms with Gasteiger partial charge in [0.15, 0.2) is 0 Å². The molecule has 42 heavy (non-hydrogen) atoms. The SMILES string of the molecule is Cc1ccccc1CCN=C(N)c1c(C(=O)O)cc(C(=O)NCCc2ccccc2C)c2c3ccc(c(=O)[nH]c3=O)c12. The lowest BCUT2D eigenvalue weighted by Crippen LogP contribution is -2.27. The first kappa shape index (κ1) is 28.2. The molecule has 0 saturated carbocycles. The molecular weight excluding hydrogens is 532 g/mol. The van der Waals surface area contributed by atoms with Crippen LogP contribution in [0.1, 0.15) is 48.5 Å². The summed E-state index contributed by atoms with van der Waals surface area (Å²) in [6, 6.07) is 19.7. The summed E-state index contributed by atoms with van der Waals surface area (Å²) >= 11 is 0. The fourth-order valence-corrected chi connectivity index (χ4v) is 5.36. The van der Waals surface area contributed by atoms with Gasteiger partial charge in [-0.15, -0.1) is 0 Å². The minimum absolute atomic E-state index is 0.000411. The summed E-state index contributed by atoms with van der Waals surface area (Å²) in [4.78, 5) is 58.9. The van der Waals surface area contributed by atoms with E-state index in [0.29, 0.717) is 12.8 Å². The Kier molecular flexibility index (Phi) is 7.84. The van der Waals surface area contributed by atoms with Crippen LogP contribution in [0.15, 0.2) is 81.3 Å². The maximum absolute atomic E-state index is 13.6. The number of carboxylic acids is 1. The minimum atomic E-state index is -1.35.